The molecule has 2 aromatic carbocycles. The van der Waals surface area contributed by atoms with E-state index in [0.29, 0.717) is 11.5 Å². The standard InChI is InChI=1S/C21H21F2N3O5/c22-20(23)31-21(19(24)29)11-4-12-26(21)17(27)13-25-18(28)14-7-9-16(10-8-14)30-15-5-2-1-3-6-15/h1-3,5-10,20H,4,11-13H2,(H2,24,29)(H,25,28). The zero-order valence-electron chi connectivity index (χ0n) is 16.4. The second kappa shape index (κ2) is 9.52. The lowest BCUT2D eigenvalue weighted by Gasteiger charge is -2.34. The molecule has 0 bridgehead atoms. The van der Waals surface area contributed by atoms with Gasteiger partial charge >= 0.3 is 6.61 Å². The molecule has 1 saturated heterocycles. The molecule has 0 saturated carbocycles. The van der Waals surface area contributed by atoms with E-state index in [4.69, 9.17) is 10.5 Å². The predicted octanol–water partition coefficient (Wildman–Crippen LogP) is 2.25. The van der Waals surface area contributed by atoms with Gasteiger partial charge in [0, 0.05) is 18.5 Å². The lowest BCUT2D eigenvalue weighted by atomic mass is 10.1. The largest absolute Gasteiger partial charge is 0.457 e. The quantitative estimate of drug-likeness (QED) is 0.663. The lowest BCUT2D eigenvalue weighted by molar-refractivity contribution is -0.241. The molecule has 0 aromatic heterocycles. The summed E-state index contributed by atoms with van der Waals surface area (Å²) in [6, 6.07) is 15.3. The molecule has 31 heavy (non-hydrogen) atoms. The Kier molecular flexibility index (Phi) is 6.81. The monoisotopic (exact) mass is 433 g/mol. The van der Waals surface area contributed by atoms with Crippen molar-refractivity contribution in [3.8, 4) is 11.5 Å². The van der Waals surface area contributed by atoms with E-state index in [9.17, 15) is 23.2 Å². The molecular weight excluding hydrogens is 412 g/mol. The maximum absolute atomic E-state index is 12.8. The second-order valence-electron chi connectivity index (χ2n) is 6.80. The van der Waals surface area contributed by atoms with E-state index in [0.717, 1.165) is 4.90 Å². The van der Waals surface area contributed by atoms with Gasteiger partial charge in [-0.2, -0.15) is 8.78 Å². The van der Waals surface area contributed by atoms with Gasteiger partial charge in [-0.15, -0.1) is 0 Å². The van der Waals surface area contributed by atoms with Gasteiger partial charge in [0.05, 0.1) is 6.54 Å². The van der Waals surface area contributed by atoms with Crippen LogP contribution in [0.4, 0.5) is 8.78 Å². The number of alkyl halides is 2. The van der Waals surface area contributed by atoms with E-state index < -0.39 is 36.6 Å². The van der Waals surface area contributed by atoms with Crippen molar-refractivity contribution < 1.29 is 32.6 Å². The first-order valence-corrected chi connectivity index (χ1v) is 9.49. The smallest absolute Gasteiger partial charge is 0.347 e. The Labute approximate surface area is 176 Å². The van der Waals surface area contributed by atoms with Crippen LogP contribution in [0.15, 0.2) is 54.6 Å². The maximum Gasteiger partial charge on any atom is 0.347 e. The third-order valence-corrected chi connectivity index (χ3v) is 4.80. The van der Waals surface area contributed by atoms with Crippen molar-refractivity contribution in [2.75, 3.05) is 13.1 Å². The van der Waals surface area contributed by atoms with Crippen LogP contribution in [0.25, 0.3) is 0 Å². The Morgan fingerprint density at radius 3 is 2.32 bits per heavy atom. The number of carbonyl (C=O) groups excluding carboxylic acids is 3. The van der Waals surface area contributed by atoms with Crippen molar-refractivity contribution in [3.63, 3.8) is 0 Å². The number of nitrogens with one attached hydrogen (secondary N) is 1. The molecule has 8 nitrogen and oxygen atoms in total. The van der Waals surface area contributed by atoms with E-state index >= 15 is 0 Å². The normalized spacial score (nSPS) is 18.1. The third-order valence-electron chi connectivity index (χ3n) is 4.80. The number of para-hydroxylation sites is 1. The summed E-state index contributed by atoms with van der Waals surface area (Å²) in [6.45, 7) is -3.79. The Hall–Kier alpha value is -3.53. The summed E-state index contributed by atoms with van der Waals surface area (Å²) in [7, 11) is 0. The fraction of sp³-hybridized carbons (Fsp3) is 0.286. The van der Waals surface area contributed by atoms with E-state index in [1.165, 1.54) is 12.1 Å². The lowest BCUT2D eigenvalue weighted by Crippen LogP contribution is -2.60. The number of hydrogen-bond acceptors (Lipinski definition) is 5. The number of hydrogen-bond donors (Lipinski definition) is 2. The van der Waals surface area contributed by atoms with E-state index in [-0.39, 0.29) is 24.9 Å². The molecule has 2 aromatic rings. The van der Waals surface area contributed by atoms with Crippen molar-refractivity contribution >= 4 is 17.7 Å². The molecule has 1 unspecified atom stereocenters. The molecule has 1 aliphatic heterocycles. The molecule has 1 atom stereocenters. The van der Waals surface area contributed by atoms with Gasteiger partial charge in [0.2, 0.25) is 11.6 Å². The van der Waals surface area contributed by atoms with Crippen LogP contribution in [-0.4, -0.2) is 48.0 Å². The third kappa shape index (κ3) is 5.15. The van der Waals surface area contributed by atoms with Gasteiger partial charge in [-0.1, -0.05) is 18.2 Å². The summed E-state index contributed by atoms with van der Waals surface area (Å²) in [5.74, 6) is -1.34. The first-order chi connectivity index (χ1) is 14.8. The Morgan fingerprint density at radius 2 is 1.71 bits per heavy atom. The summed E-state index contributed by atoms with van der Waals surface area (Å²) in [6.07, 6.45) is 0.119. The molecule has 3 N–H and O–H groups in total. The van der Waals surface area contributed by atoms with Crippen LogP contribution in [0.5, 0.6) is 11.5 Å². The number of primary amides is 1. The zero-order chi connectivity index (χ0) is 22.4. The highest BCUT2D eigenvalue weighted by Gasteiger charge is 2.51. The van der Waals surface area contributed by atoms with Gasteiger partial charge in [-0.25, -0.2) is 0 Å². The summed E-state index contributed by atoms with van der Waals surface area (Å²) >= 11 is 0. The van der Waals surface area contributed by atoms with Crippen LogP contribution in [0.2, 0.25) is 0 Å². The average Bonchev–Trinajstić information content (AvgIpc) is 3.17. The van der Waals surface area contributed by atoms with Crippen LogP contribution < -0.4 is 15.8 Å². The number of carbonyl (C=O) groups is 3. The topological polar surface area (TPSA) is 111 Å². The van der Waals surface area contributed by atoms with Gasteiger partial charge in [0.15, 0.2) is 0 Å². The van der Waals surface area contributed by atoms with Crippen molar-refractivity contribution in [3.05, 3.63) is 60.2 Å². The Morgan fingerprint density at radius 1 is 1.06 bits per heavy atom. The number of nitrogens with two attached hydrogens (primary N) is 1. The molecule has 164 valence electrons. The van der Waals surface area contributed by atoms with Crippen molar-refractivity contribution in [1.29, 1.82) is 0 Å². The summed E-state index contributed by atoms with van der Waals surface area (Å²) in [5, 5.41) is 2.41. The van der Waals surface area contributed by atoms with Crippen LogP contribution in [-0.2, 0) is 14.3 Å². The van der Waals surface area contributed by atoms with E-state index in [2.05, 4.69) is 10.1 Å². The number of rotatable bonds is 8. The highest BCUT2D eigenvalue weighted by molar-refractivity contribution is 5.97. The van der Waals surface area contributed by atoms with Crippen molar-refractivity contribution in [2.24, 2.45) is 5.73 Å². The number of benzene rings is 2. The molecule has 1 heterocycles. The highest BCUT2D eigenvalue weighted by Crippen LogP contribution is 2.32. The summed E-state index contributed by atoms with van der Waals surface area (Å²) in [5.41, 5.74) is 3.28. The van der Waals surface area contributed by atoms with Gasteiger partial charge in [-0.3, -0.25) is 19.1 Å². The molecule has 3 amide bonds. The molecule has 10 heteroatoms. The second-order valence-corrected chi connectivity index (χ2v) is 6.80. The number of nitrogens with zero attached hydrogens (tertiary/aromatic N) is 1. The highest BCUT2D eigenvalue weighted by atomic mass is 19.3. The fourth-order valence-corrected chi connectivity index (χ4v) is 3.36. The SMILES string of the molecule is NC(=O)C1(OC(F)F)CCCN1C(=O)CNC(=O)c1ccc(Oc2ccccc2)cc1. The number of ether oxygens (including phenoxy) is 2. The average molecular weight is 433 g/mol. The molecule has 0 spiro atoms. The molecule has 1 fully saturated rings. The summed E-state index contributed by atoms with van der Waals surface area (Å²) in [4.78, 5) is 37.5. The predicted molar refractivity (Wildman–Crippen MR) is 105 cm³/mol. The Bertz CT molecular complexity index is 940. The van der Waals surface area contributed by atoms with Crippen LogP contribution in [0.3, 0.4) is 0 Å². The maximum atomic E-state index is 12.8. The van der Waals surface area contributed by atoms with Crippen molar-refractivity contribution in [1.82, 2.24) is 10.2 Å². The zero-order valence-corrected chi connectivity index (χ0v) is 16.4. The van der Waals surface area contributed by atoms with Gasteiger partial charge < -0.3 is 20.7 Å². The number of halogens is 2. The first kappa shape index (κ1) is 22.2. The van der Waals surface area contributed by atoms with Crippen LogP contribution >= 0.6 is 0 Å². The van der Waals surface area contributed by atoms with Crippen LogP contribution in [0.1, 0.15) is 23.2 Å². The van der Waals surface area contributed by atoms with E-state index in [1.54, 1.807) is 24.3 Å². The fourth-order valence-electron chi connectivity index (χ4n) is 3.36. The number of likely N-dealkylation sites (tertiary alicyclic amines) is 1. The molecule has 1 aliphatic rings. The minimum atomic E-state index is -3.29. The molecular formula is C21H21F2N3O5. The van der Waals surface area contributed by atoms with E-state index in [1.807, 2.05) is 18.2 Å². The first-order valence-electron chi connectivity index (χ1n) is 9.49. The van der Waals surface area contributed by atoms with Crippen LogP contribution in [0, 0.1) is 0 Å². The minimum Gasteiger partial charge on any atom is -0.457 e. The minimum absolute atomic E-state index is 0.00981. The van der Waals surface area contributed by atoms with Gasteiger partial charge in [0.25, 0.3) is 11.8 Å². The van der Waals surface area contributed by atoms with Gasteiger partial charge in [0.1, 0.15) is 11.5 Å². The molecule has 0 aliphatic carbocycles. The molecule has 3 rings (SSSR count). The Balaban J connectivity index is 1.59. The number of amides is 3. The van der Waals surface area contributed by atoms with Gasteiger partial charge in [-0.05, 0) is 42.8 Å². The summed E-state index contributed by atoms with van der Waals surface area (Å²) < 4.78 is 35.6. The molecule has 0 radical (unpaired) electrons. The van der Waals surface area contributed by atoms with Crippen molar-refractivity contribution in [2.45, 2.75) is 25.2 Å².